The third-order valence-electron chi connectivity index (χ3n) is 4.26. The van der Waals surface area contributed by atoms with E-state index in [0.29, 0.717) is 12.1 Å². The van der Waals surface area contributed by atoms with Crippen molar-refractivity contribution in [3.05, 3.63) is 18.1 Å². The van der Waals surface area contributed by atoms with Gasteiger partial charge in [-0.1, -0.05) is 0 Å². The van der Waals surface area contributed by atoms with Gasteiger partial charge in [0.25, 0.3) is 0 Å². The molecule has 2 saturated heterocycles. The average molecular weight is 276 g/mol. The van der Waals surface area contributed by atoms with E-state index >= 15 is 0 Å². The Labute approximate surface area is 118 Å². The van der Waals surface area contributed by atoms with Gasteiger partial charge < -0.3 is 9.64 Å². The normalized spacial score (nSPS) is 26.4. The van der Waals surface area contributed by atoms with Crippen LogP contribution in [0.3, 0.4) is 0 Å². The molecule has 108 valence electrons. The van der Waals surface area contributed by atoms with Crippen molar-refractivity contribution in [2.24, 2.45) is 0 Å². The van der Waals surface area contributed by atoms with Gasteiger partial charge >= 0.3 is 5.97 Å². The number of carbonyl (C=O) groups excluding carboxylic acids is 1. The van der Waals surface area contributed by atoms with E-state index < -0.39 is 5.97 Å². The van der Waals surface area contributed by atoms with Crippen molar-refractivity contribution in [3.63, 3.8) is 0 Å². The van der Waals surface area contributed by atoms with E-state index in [1.54, 1.807) is 6.20 Å². The molecule has 0 amide bonds. The lowest BCUT2D eigenvalue weighted by molar-refractivity contribution is 0.0593. The molecule has 20 heavy (non-hydrogen) atoms. The van der Waals surface area contributed by atoms with Gasteiger partial charge in [0.2, 0.25) is 0 Å². The summed E-state index contributed by atoms with van der Waals surface area (Å²) in [5.41, 5.74) is 0.253. The molecule has 2 aliphatic rings. The van der Waals surface area contributed by atoms with Crippen LogP contribution in [0.4, 0.5) is 5.82 Å². The summed E-state index contributed by atoms with van der Waals surface area (Å²) < 4.78 is 4.64. The van der Waals surface area contributed by atoms with Crippen LogP contribution in [-0.4, -0.2) is 59.7 Å². The van der Waals surface area contributed by atoms with E-state index in [4.69, 9.17) is 0 Å². The van der Waals surface area contributed by atoms with Crippen LogP contribution in [-0.2, 0) is 4.74 Å². The molecule has 2 unspecified atom stereocenters. The fourth-order valence-corrected chi connectivity index (χ4v) is 3.19. The van der Waals surface area contributed by atoms with Crippen molar-refractivity contribution in [1.29, 1.82) is 0 Å². The molecule has 0 aromatic carbocycles. The van der Waals surface area contributed by atoms with Gasteiger partial charge in [0, 0.05) is 25.2 Å². The molecular weight excluding hydrogens is 256 g/mol. The second-order valence-corrected chi connectivity index (χ2v) is 5.54. The highest BCUT2D eigenvalue weighted by molar-refractivity contribution is 5.86. The van der Waals surface area contributed by atoms with Crippen molar-refractivity contribution < 1.29 is 9.53 Å². The maximum absolute atomic E-state index is 11.4. The SMILES string of the molecule is COC(=O)c1cnc(N2CC3CCCN3CC2C)cn1. The molecule has 1 aromatic heterocycles. The molecule has 0 aliphatic carbocycles. The standard InChI is InChI=1S/C14H20N4O2/c1-10-8-17-5-3-4-11(17)9-18(10)13-7-15-12(6-16-13)14(19)20-2/h6-7,10-11H,3-5,8-9H2,1-2H3. The van der Waals surface area contributed by atoms with Crippen molar-refractivity contribution in [2.75, 3.05) is 31.6 Å². The van der Waals surface area contributed by atoms with Crippen LogP contribution in [0.5, 0.6) is 0 Å². The van der Waals surface area contributed by atoms with Gasteiger partial charge in [0.1, 0.15) is 5.82 Å². The lowest BCUT2D eigenvalue weighted by Crippen LogP contribution is -2.55. The van der Waals surface area contributed by atoms with Crippen LogP contribution >= 0.6 is 0 Å². The van der Waals surface area contributed by atoms with Gasteiger partial charge in [0.15, 0.2) is 5.69 Å². The Kier molecular flexibility index (Phi) is 3.56. The zero-order valence-corrected chi connectivity index (χ0v) is 12.0. The van der Waals surface area contributed by atoms with Crippen LogP contribution in [0.15, 0.2) is 12.4 Å². The first kappa shape index (κ1) is 13.3. The van der Waals surface area contributed by atoms with Gasteiger partial charge in [-0.2, -0.15) is 0 Å². The van der Waals surface area contributed by atoms with Gasteiger partial charge in [-0.05, 0) is 26.3 Å². The largest absolute Gasteiger partial charge is 0.464 e. The van der Waals surface area contributed by atoms with Crippen molar-refractivity contribution >= 4 is 11.8 Å². The van der Waals surface area contributed by atoms with Crippen LogP contribution in [0.25, 0.3) is 0 Å². The third-order valence-corrected chi connectivity index (χ3v) is 4.26. The number of anilines is 1. The number of hydrogen-bond donors (Lipinski definition) is 0. The molecule has 2 atom stereocenters. The van der Waals surface area contributed by atoms with E-state index in [2.05, 4.69) is 31.4 Å². The Morgan fingerprint density at radius 1 is 1.35 bits per heavy atom. The zero-order valence-electron chi connectivity index (χ0n) is 12.0. The van der Waals surface area contributed by atoms with E-state index in [1.165, 1.54) is 32.7 Å². The second-order valence-electron chi connectivity index (χ2n) is 5.54. The highest BCUT2D eigenvalue weighted by atomic mass is 16.5. The second kappa shape index (κ2) is 5.36. The lowest BCUT2D eigenvalue weighted by atomic mass is 10.1. The molecule has 2 aliphatic heterocycles. The maximum Gasteiger partial charge on any atom is 0.358 e. The van der Waals surface area contributed by atoms with Crippen molar-refractivity contribution in [1.82, 2.24) is 14.9 Å². The third kappa shape index (κ3) is 2.35. The van der Waals surface area contributed by atoms with Gasteiger partial charge in [-0.3, -0.25) is 4.90 Å². The summed E-state index contributed by atoms with van der Waals surface area (Å²) in [6.07, 6.45) is 5.72. The summed E-state index contributed by atoms with van der Waals surface area (Å²) >= 11 is 0. The Morgan fingerprint density at radius 2 is 2.20 bits per heavy atom. The molecule has 0 bridgehead atoms. The quantitative estimate of drug-likeness (QED) is 0.749. The number of fused-ring (bicyclic) bond motifs is 1. The number of nitrogens with zero attached hydrogens (tertiary/aromatic N) is 4. The number of ether oxygens (including phenoxy) is 1. The van der Waals surface area contributed by atoms with E-state index in [0.717, 1.165) is 18.9 Å². The number of hydrogen-bond acceptors (Lipinski definition) is 6. The maximum atomic E-state index is 11.4. The van der Waals surface area contributed by atoms with Crippen molar-refractivity contribution in [3.8, 4) is 0 Å². The summed E-state index contributed by atoms with van der Waals surface area (Å²) in [6.45, 7) is 5.50. The number of carbonyl (C=O) groups is 1. The monoisotopic (exact) mass is 276 g/mol. The summed E-state index contributed by atoms with van der Waals surface area (Å²) in [5.74, 6) is 0.398. The predicted molar refractivity (Wildman–Crippen MR) is 74.8 cm³/mol. The molecule has 0 N–H and O–H groups in total. The predicted octanol–water partition coefficient (Wildman–Crippen LogP) is 0.936. The number of methoxy groups -OCH3 is 1. The first-order valence-corrected chi connectivity index (χ1v) is 7.10. The lowest BCUT2D eigenvalue weighted by Gasteiger charge is -2.42. The minimum Gasteiger partial charge on any atom is -0.464 e. The topological polar surface area (TPSA) is 58.6 Å². The molecule has 0 saturated carbocycles. The molecule has 0 spiro atoms. The summed E-state index contributed by atoms with van der Waals surface area (Å²) in [4.78, 5) is 24.8. The number of aromatic nitrogens is 2. The minimum absolute atomic E-state index is 0.253. The zero-order chi connectivity index (χ0) is 14.1. The van der Waals surface area contributed by atoms with Crippen LogP contribution in [0.2, 0.25) is 0 Å². The Morgan fingerprint density at radius 3 is 2.90 bits per heavy atom. The number of piperazine rings is 1. The molecule has 3 heterocycles. The summed E-state index contributed by atoms with van der Waals surface area (Å²) in [6, 6.07) is 1.05. The number of esters is 1. The molecule has 0 radical (unpaired) electrons. The van der Waals surface area contributed by atoms with Crippen LogP contribution in [0, 0.1) is 0 Å². The highest BCUT2D eigenvalue weighted by Gasteiger charge is 2.34. The molecular formula is C14H20N4O2. The average Bonchev–Trinajstić information content (AvgIpc) is 2.93. The van der Waals surface area contributed by atoms with Crippen LogP contribution < -0.4 is 4.90 Å². The van der Waals surface area contributed by atoms with Gasteiger partial charge in [-0.25, -0.2) is 14.8 Å². The Balaban J connectivity index is 1.76. The molecule has 6 heteroatoms. The number of rotatable bonds is 2. The van der Waals surface area contributed by atoms with E-state index in [-0.39, 0.29) is 5.69 Å². The Bertz CT molecular complexity index is 490. The fourth-order valence-electron chi connectivity index (χ4n) is 3.19. The first-order chi connectivity index (χ1) is 9.69. The van der Waals surface area contributed by atoms with Crippen LogP contribution in [0.1, 0.15) is 30.3 Å². The fraction of sp³-hybridized carbons (Fsp3) is 0.643. The summed E-state index contributed by atoms with van der Waals surface area (Å²) in [7, 11) is 1.35. The molecule has 3 rings (SSSR count). The minimum atomic E-state index is -0.447. The van der Waals surface area contributed by atoms with Crippen molar-refractivity contribution in [2.45, 2.75) is 31.8 Å². The molecule has 1 aromatic rings. The Hall–Kier alpha value is -1.69. The van der Waals surface area contributed by atoms with E-state index in [1.807, 2.05) is 0 Å². The summed E-state index contributed by atoms with van der Waals surface area (Å²) in [5, 5.41) is 0. The van der Waals surface area contributed by atoms with Gasteiger partial charge in [-0.15, -0.1) is 0 Å². The molecule has 2 fully saturated rings. The first-order valence-electron chi connectivity index (χ1n) is 7.10. The molecule has 6 nitrogen and oxygen atoms in total. The van der Waals surface area contributed by atoms with Gasteiger partial charge in [0.05, 0.1) is 19.5 Å². The highest BCUT2D eigenvalue weighted by Crippen LogP contribution is 2.27. The van der Waals surface area contributed by atoms with E-state index in [9.17, 15) is 4.79 Å². The smallest absolute Gasteiger partial charge is 0.358 e.